The van der Waals surface area contributed by atoms with E-state index in [1.54, 1.807) is 10.9 Å². The summed E-state index contributed by atoms with van der Waals surface area (Å²) < 4.78 is 12.5. The van der Waals surface area contributed by atoms with Crippen LogP contribution in [0.3, 0.4) is 0 Å². The first kappa shape index (κ1) is 15.6. The summed E-state index contributed by atoms with van der Waals surface area (Å²) in [5.41, 5.74) is 0.625. The van der Waals surface area contributed by atoms with Gasteiger partial charge in [0.15, 0.2) is 0 Å². The van der Waals surface area contributed by atoms with Gasteiger partial charge in [0.2, 0.25) is 12.2 Å². The largest absolute Gasteiger partial charge is 0.356 e. The molecule has 0 bridgehead atoms. The highest BCUT2D eigenvalue weighted by molar-refractivity contribution is 5.75. The van der Waals surface area contributed by atoms with E-state index in [-0.39, 0.29) is 5.91 Å². The summed E-state index contributed by atoms with van der Waals surface area (Å²) >= 11 is 0. The van der Waals surface area contributed by atoms with Crippen molar-refractivity contribution in [2.75, 3.05) is 19.8 Å². The third-order valence-corrected chi connectivity index (χ3v) is 2.38. The lowest BCUT2D eigenvalue weighted by Gasteiger charge is -2.13. The summed E-state index contributed by atoms with van der Waals surface area (Å²) in [6.07, 6.45) is 1.63. The molecule has 0 fully saturated rings. The normalized spacial score (nSPS) is 10.9. The van der Waals surface area contributed by atoms with Crippen molar-refractivity contribution in [3.63, 3.8) is 0 Å². The first-order valence-corrected chi connectivity index (χ1v) is 6.61. The molecule has 0 unspecified atom stereocenters. The number of hydrogen-bond donors (Lipinski definition) is 1. The predicted octanol–water partition coefficient (Wildman–Crippen LogP) is 0.876. The first-order valence-electron chi connectivity index (χ1n) is 6.61. The van der Waals surface area contributed by atoms with Crippen molar-refractivity contribution >= 4 is 5.91 Å². The van der Waals surface area contributed by atoms with Gasteiger partial charge in [-0.2, -0.15) is 0 Å². The van der Waals surface area contributed by atoms with Crippen LogP contribution in [-0.2, 0) is 20.8 Å². The Morgan fingerprint density at radius 3 is 2.63 bits per heavy atom. The summed E-state index contributed by atoms with van der Waals surface area (Å²) in [5, 5.41) is 10.7. The quantitative estimate of drug-likeness (QED) is 0.674. The number of ether oxygens (including phenoxy) is 2. The number of carbonyl (C=O) groups excluding carboxylic acids is 1. The second-order valence-corrected chi connectivity index (χ2v) is 3.85. The second kappa shape index (κ2) is 8.60. The number of aromatic nitrogens is 3. The number of amides is 1. The van der Waals surface area contributed by atoms with E-state index in [1.807, 2.05) is 20.8 Å². The molecule has 7 heteroatoms. The molecule has 108 valence electrons. The topological polar surface area (TPSA) is 78.3 Å². The van der Waals surface area contributed by atoms with Crippen molar-refractivity contribution in [2.45, 2.75) is 40.0 Å². The van der Waals surface area contributed by atoms with E-state index in [1.165, 1.54) is 0 Å². The van der Waals surface area contributed by atoms with Crippen molar-refractivity contribution < 1.29 is 14.3 Å². The van der Waals surface area contributed by atoms with Gasteiger partial charge >= 0.3 is 0 Å². The SMILES string of the molecule is CCNC(=O)CCn1cc(C(OCC)OCC)nn1. The molecule has 1 rings (SSSR count). The summed E-state index contributed by atoms with van der Waals surface area (Å²) in [5.74, 6) is 0.00529. The van der Waals surface area contributed by atoms with Crippen LogP contribution >= 0.6 is 0 Å². The predicted molar refractivity (Wildman–Crippen MR) is 69.3 cm³/mol. The zero-order valence-electron chi connectivity index (χ0n) is 11.8. The van der Waals surface area contributed by atoms with Crippen molar-refractivity contribution in [3.8, 4) is 0 Å². The monoisotopic (exact) mass is 270 g/mol. The smallest absolute Gasteiger partial charge is 0.221 e. The van der Waals surface area contributed by atoms with E-state index in [4.69, 9.17) is 9.47 Å². The zero-order valence-corrected chi connectivity index (χ0v) is 11.8. The van der Waals surface area contributed by atoms with Crippen LogP contribution in [0.2, 0.25) is 0 Å². The van der Waals surface area contributed by atoms with Gasteiger partial charge in [-0.25, -0.2) is 0 Å². The van der Waals surface area contributed by atoms with Crippen LogP contribution in [0, 0.1) is 0 Å². The van der Waals surface area contributed by atoms with Crippen molar-refractivity contribution in [2.24, 2.45) is 0 Å². The molecule has 0 saturated carbocycles. The number of rotatable bonds is 9. The van der Waals surface area contributed by atoms with Gasteiger partial charge in [0.05, 0.1) is 12.7 Å². The lowest BCUT2D eigenvalue weighted by molar-refractivity contribution is -0.142. The van der Waals surface area contributed by atoms with Gasteiger partial charge in [-0.15, -0.1) is 5.10 Å². The lowest BCUT2D eigenvalue weighted by atomic mass is 10.4. The fourth-order valence-electron chi connectivity index (χ4n) is 1.55. The second-order valence-electron chi connectivity index (χ2n) is 3.85. The molecule has 1 aromatic rings. The molecule has 0 spiro atoms. The Balaban J connectivity index is 2.52. The first-order chi connectivity index (χ1) is 9.21. The lowest BCUT2D eigenvalue weighted by Crippen LogP contribution is -2.23. The maximum absolute atomic E-state index is 11.3. The molecule has 0 aliphatic carbocycles. The molecule has 19 heavy (non-hydrogen) atoms. The fourth-order valence-corrected chi connectivity index (χ4v) is 1.55. The molecule has 1 aromatic heterocycles. The van der Waals surface area contributed by atoms with Crippen LogP contribution in [0.25, 0.3) is 0 Å². The molecule has 0 saturated heterocycles. The van der Waals surface area contributed by atoms with E-state index < -0.39 is 6.29 Å². The van der Waals surface area contributed by atoms with Crippen LogP contribution in [-0.4, -0.2) is 40.7 Å². The molecular weight excluding hydrogens is 248 g/mol. The molecule has 0 aliphatic heterocycles. The van der Waals surface area contributed by atoms with Crippen molar-refractivity contribution in [3.05, 3.63) is 11.9 Å². The maximum Gasteiger partial charge on any atom is 0.221 e. The van der Waals surface area contributed by atoms with Crippen LogP contribution in [0.5, 0.6) is 0 Å². The summed E-state index contributed by atoms with van der Waals surface area (Å²) in [4.78, 5) is 11.3. The summed E-state index contributed by atoms with van der Waals surface area (Å²) in [7, 11) is 0. The van der Waals surface area contributed by atoms with Gasteiger partial charge in [-0.1, -0.05) is 5.21 Å². The van der Waals surface area contributed by atoms with E-state index in [9.17, 15) is 4.79 Å². The molecule has 0 atom stereocenters. The maximum atomic E-state index is 11.3. The third kappa shape index (κ3) is 5.35. The Morgan fingerprint density at radius 1 is 1.37 bits per heavy atom. The number of nitrogens with zero attached hydrogens (tertiary/aromatic N) is 3. The van der Waals surface area contributed by atoms with Gasteiger partial charge < -0.3 is 14.8 Å². The Kier molecular flexibility index (Phi) is 7.06. The standard InChI is InChI=1S/C12H22N4O3/c1-4-13-11(17)7-8-16-9-10(14-15-16)12(18-5-2)19-6-3/h9,12H,4-8H2,1-3H3,(H,13,17). The van der Waals surface area contributed by atoms with Gasteiger partial charge in [0.1, 0.15) is 5.69 Å². The average molecular weight is 270 g/mol. The van der Waals surface area contributed by atoms with Crippen molar-refractivity contribution in [1.82, 2.24) is 20.3 Å². The van der Waals surface area contributed by atoms with E-state index in [2.05, 4.69) is 15.6 Å². The Hall–Kier alpha value is -1.47. The summed E-state index contributed by atoms with van der Waals surface area (Å²) in [6.45, 7) is 7.88. The van der Waals surface area contributed by atoms with Crippen LogP contribution in [0.1, 0.15) is 39.2 Å². The van der Waals surface area contributed by atoms with Crippen LogP contribution in [0.4, 0.5) is 0 Å². The number of aryl methyl sites for hydroxylation is 1. The minimum Gasteiger partial charge on any atom is -0.356 e. The van der Waals surface area contributed by atoms with Crippen LogP contribution < -0.4 is 5.32 Å². The van der Waals surface area contributed by atoms with E-state index in [0.717, 1.165) is 0 Å². The number of nitrogens with one attached hydrogen (secondary N) is 1. The summed E-state index contributed by atoms with van der Waals surface area (Å²) in [6, 6.07) is 0. The van der Waals surface area contributed by atoms with Gasteiger partial charge in [0.25, 0.3) is 0 Å². The third-order valence-electron chi connectivity index (χ3n) is 2.38. The molecule has 0 aliphatic rings. The molecule has 1 heterocycles. The highest BCUT2D eigenvalue weighted by atomic mass is 16.7. The minimum absolute atomic E-state index is 0.00529. The molecule has 1 amide bonds. The Labute approximate surface area is 113 Å². The molecule has 1 N–H and O–H groups in total. The fraction of sp³-hybridized carbons (Fsp3) is 0.750. The van der Waals surface area contributed by atoms with Gasteiger partial charge in [-0.3, -0.25) is 9.48 Å². The Morgan fingerprint density at radius 2 is 2.05 bits per heavy atom. The van der Waals surface area contributed by atoms with Gasteiger partial charge in [-0.05, 0) is 20.8 Å². The van der Waals surface area contributed by atoms with E-state index >= 15 is 0 Å². The highest BCUT2D eigenvalue weighted by Gasteiger charge is 2.15. The Bertz CT molecular complexity index is 375. The zero-order chi connectivity index (χ0) is 14.1. The minimum atomic E-state index is -0.492. The molecule has 0 radical (unpaired) electrons. The number of hydrogen-bond acceptors (Lipinski definition) is 5. The van der Waals surface area contributed by atoms with Crippen molar-refractivity contribution in [1.29, 1.82) is 0 Å². The number of carbonyl (C=O) groups is 1. The average Bonchev–Trinajstić information content (AvgIpc) is 2.85. The molecule has 0 aromatic carbocycles. The van der Waals surface area contributed by atoms with E-state index in [0.29, 0.717) is 38.4 Å². The van der Waals surface area contributed by atoms with Gasteiger partial charge in [0, 0.05) is 26.2 Å². The van der Waals surface area contributed by atoms with Crippen LogP contribution in [0.15, 0.2) is 6.20 Å². The highest BCUT2D eigenvalue weighted by Crippen LogP contribution is 2.15. The molecular formula is C12H22N4O3. The molecule has 7 nitrogen and oxygen atoms in total.